The van der Waals surface area contributed by atoms with Crippen molar-refractivity contribution >= 4 is 17.8 Å². The van der Waals surface area contributed by atoms with E-state index >= 15 is 0 Å². The highest BCUT2D eigenvalue weighted by Gasteiger charge is 2.58. The minimum atomic E-state index is -0.117. The summed E-state index contributed by atoms with van der Waals surface area (Å²) in [4.78, 5) is 31.1. The molecule has 6 heteroatoms. The monoisotopic (exact) mass is 394 g/mol. The van der Waals surface area contributed by atoms with Crippen LogP contribution in [-0.2, 0) is 22.4 Å². The van der Waals surface area contributed by atoms with Crippen molar-refractivity contribution in [1.82, 2.24) is 15.5 Å². The van der Waals surface area contributed by atoms with Crippen molar-refractivity contribution in [3.05, 3.63) is 47.5 Å². The largest absolute Gasteiger partial charge is 0.356 e. The van der Waals surface area contributed by atoms with Gasteiger partial charge in [-0.2, -0.15) is 0 Å². The Morgan fingerprint density at radius 2 is 1.59 bits per heavy atom. The standard InChI is InChI=1S/C23H30N4O2/c1-3-15-4-6-16(7-5-15)10-11-25-23(24-2)26-12-13-27-21(28)19-17-8-9-18(14-17)20(19)22(27)29/h4-9,17-20H,3,10-14H2,1-2H3,(H2,24,25,26). The second kappa shape index (κ2) is 8.39. The van der Waals surface area contributed by atoms with Crippen LogP contribution in [0.15, 0.2) is 41.4 Å². The van der Waals surface area contributed by atoms with Crippen molar-refractivity contribution in [2.24, 2.45) is 28.7 Å². The van der Waals surface area contributed by atoms with E-state index < -0.39 is 0 Å². The van der Waals surface area contributed by atoms with Crippen LogP contribution < -0.4 is 10.6 Å². The number of hydrogen-bond donors (Lipinski definition) is 2. The summed E-state index contributed by atoms with van der Waals surface area (Å²) in [6.07, 6.45) is 7.18. The highest BCUT2D eigenvalue weighted by Crippen LogP contribution is 2.52. The van der Waals surface area contributed by atoms with Crippen LogP contribution in [0.4, 0.5) is 0 Å². The van der Waals surface area contributed by atoms with Crippen molar-refractivity contribution in [1.29, 1.82) is 0 Å². The number of benzene rings is 1. The van der Waals surface area contributed by atoms with Crippen LogP contribution >= 0.6 is 0 Å². The number of carbonyl (C=O) groups excluding carboxylic acids is 2. The van der Waals surface area contributed by atoms with Gasteiger partial charge >= 0.3 is 0 Å². The van der Waals surface area contributed by atoms with Gasteiger partial charge < -0.3 is 10.6 Å². The molecular weight excluding hydrogens is 364 g/mol. The average molecular weight is 395 g/mol. The fraction of sp³-hybridized carbons (Fsp3) is 0.522. The number of nitrogens with zero attached hydrogens (tertiary/aromatic N) is 2. The van der Waals surface area contributed by atoms with Crippen LogP contribution in [0.1, 0.15) is 24.5 Å². The molecule has 6 nitrogen and oxygen atoms in total. The maximum absolute atomic E-state index is 12.7. The molecule has 1 saturated heterocycles. The normalized spacial score (nSPS) is 27.7. The summed E-state index contributed by atoms with van der Waals surface area (Å²) in [5.74, 6) is 1.01. The first-order valence-corrected chi connectivity index (χ1v) is 10.7. The molecule has 2 N–H and O–H groups in total. The zero-order valence-electron chi connectivity index (χ0n) is 17.2. The molecule has 1 aromatic rings. The molecule has 1 heterocycles. The Morgan fingerprint density at radius 1 is 1.00 bits per heavy atom. The van der Waals surface area contributed by atoms with Crippen molar-refractivity contribution in [2.75, 3.05) is 26.7 Å². The van der Waals surface area contributed by atoms with Crippen LogP contribution in [-0.4, -0.2) is 49.4 Å². The van der Waals surface area contributed by atoms with E-state index in [0.717, 1.165) is 25.8 Å². The van der Waals surface area contributed by atoms with Gasteiger partial charge in [-0.05, 0) is 42.2 Å². The molecule has 0 radical (unpaired) electrons. The molecular formula is C23H30N4O2. The number of amides is 2. The molecule has 2 amide bonds. The molecule has 4 unspecified atom stereocenters. The maximum atomic E-state index is 12.7. The fourth-order valence-electron chi connectivity index (χ4n) is 4.96. The third-order valence-corrected chi connectivity index (χ3v) is 6.55. The number of allylic oxidation sites excluding steroid dienone is 2. The Hall–Kier alpha value is -2.63. The van der Waals surface area contributed by atoms with Gasteiger partial charge in [-0.3, -0.25) is 19.5 Å². The van der Waals surface area contributed by atoms with E-state index in [4.69, 9.17) is 0 Å². The predicted molar refractivity (Wildman–Crippen MR) is 113 cm³/mol. The summed E-state index contributed by atoms with van der Waals surface area (Å²) in [6, 6.07) is 8.67. The van der Waals surface area contributed by atoms with E-state index in [-0.39, 0.29) is 35.5 Å². The van der Waals surface area contributed by atoms with Gasteiger partial charge in [-0.1, -0.05) is 43.3 Å². The lowest BCUT2D eigenvalue weighted by atomic mass is 9.85. The second-order valence-electron chi connectivity index (χ2n) is 8.17. The molecule has 1 aromatic carbocycles. The number of hydrogen-bond acceptors (Lipinski definition) is 3. The minimum absolute atomic E-state index is 0.0112. The Labute approximate surface area is 172 Å². The molecule has 1 saturated carbocycles. The summed E-state index contributed by atoms with van der Waals surface area (Å²) >= 11 is 0. The molecule has 3 aliphatic rings. The Bertz CT molecular complexity index is 800. The van der Waals surface area contributed by atoms with E-state index in [2.05, 4.69) is 59.0 Å². The molecule has 0 spiro atoms. The van der Waals surface area contributed by atoms with Gasteiger partial charge in [0.1, 0.15) is 0 Å². The zero-order chi connectivity index (χ0) is 20.4. The number of aliphatic imine (C=N–C) groups is 1. The highest BCUT2D eigenvalue weighted by atomic mass is 16.2. The van der Waals surface area contributed by atoms with Crippen LogP contribution in [0, 0.1) is 23.7 Å². The number of rotatable bonds is 7. The topological polar surface area (TPSA) is 73.8 Å². The van der Waals surface area contributed by atoms with Gasteiger partial charge in [-0.15, -0.1) is 0 Å². The number of aryl methyl sites for hydroxylation is 1. The summed E-state index contributed by atoms with van der Waals surface area (Å²) in [7, 11) is 1.73. The molecule has 1 aliphatic heterocycles. The summed E-state index contributed by atoms with van der Waals surface area (Å²) in [6.45, 7) is 3.82. The van der Waals surface area contributed by atoms with Gasteiger partial charge in [0.05, 0.1) is 11.8 Å². The number of likely N-dealkylation sites (tertiary alicyclic amines) is 1. The maximum Gasteiger partial charge on any atom is 0.233 e. The van der Waals surface area contributed by atoms with E-state index in [9.17, 15) is 9.59 Å². The van der Waals surface area contributed by atoms with Crippen molar-refractivity contribution in [3.63, 3.8) is 0 Å². The number of carbonyl (C=O) groups is 2. The summed E-state index contributed by atoms with van der Waals surface area (Å²) < 4.78 is 0. The summed E-state index contributed by atoms with van der Waals surface area (Å²) in [5.41, 5.74) is 2.63. The molecule has 154 valence electrons. The first kappa shape index (κ1) is 19.7. The number of fused-ring (bicyclic) bond motifs is 5. The van der Waals surface area contributed by atoms with Gasteiger partial charge in [-0.25, -0.2) is 0 Å². The number of nitrogens with one attached hydrogen (secondary N) is 2. The molecule has 0 aromatic heterocycles. The van der Waals surface area contributed by atoms with Crippen LogP contribution in [0.25, 0.3) is 0 Å². The van der Waals surface area contributed by atoms with Gasteiger partial charge in [0.2, 0.25) is 11.8 Å². The molecule has 2 aliphatic carbocycles. The molecule has 2 fully saturated rings. The van der Waals surface area contributed by atoms with E-state index in [0.29, 0.717) is 19.0 Å². The van der Waals surface area contributed by atoms with Crippen molar-refractivity contribution < 1.29 is 9.59 Å². The van der Waals surface area contributed by atoms with Gasteiger partial charge in [0.15, 0.2) is 5.96 Å². The van der Waals surface area contributed by atoms with Gasteiger partial charge in [0, 0.05) is 26.7 Å². The third-order valence-electron chi connectivity index (χ3n) is 6.55. The first-order chi connectivity index (χ1) is 14.1. The first-order valence-electron chi connectivity index (χ1n) is 10.7. The molecule has 4 rings (SSSR count). The minimum Gasteiger partial charge on any atom is -0.356 e. The lowest BCUT2D eigenvalue weighted by molar-refractivity contribution is -0.140. The van der Waals surface area contributed by atoms with Gasteiger partial charge in [0.25, 0.3) is 0 Å². The fourth-order valence-corrected chi connectivity index (χ4v) is 4.96. The lowest BCUT2D eigenvalue weighted by Gasteiger charge is -2.18. The number of imide groups is 1. The molecule has 4 atom stereocenters. The third kappa shape index (κ3) is 3.80. The van der Waals surface area contributed by atoms with Crippen molar-refractivity contribution in [3.8, 4) is 0 Å². The predicted octanol–water partition coefficient (Wildman–Crippen LogP) is 1.76. The smallest absolute Gasteiger partial charge is 0.233 e. The summed E-state index contributed by atoms with van der Waals surface area (Å²) in [5, 5.41) is 6.52. The van der Waals surface area contributed by atoms with Crippen LogP contribution in [0.2, 0.25) is 0 Å². The number of guanidine groups is 1. The second-order valence-corrected chi connectivity index (χ2v) is 8.17. The SMILES string of the molecule is CCc1ccc(CCNC(=NC)NCCN2C(=O)C3C4C=CC(C4)C3C2=O)cc1. The van der Waals surface area contributed by atoms with E-state index in [1.807, 2.05) is 0 Å². The van der Waals surface area contributed by atoms with Crippen LogP contribution in [0.3, 0.4) is 0 Å². The highest BCUT2D eigenvalue weighted by molar-refractivity contribution is 6.06. The average Bonchev–Trinajstić information content (AvgIpc) is 3.42. The molecule has 2 bridgehead atoms. The van der Waals surface area contributed by atoms with Crippen molar-refractivity contribution in [2.45, 2.75) is 26.2 Å². The Balaban J connectivity index is 1.21. The van der Waals surface area contributed by atoms with E-state index in [1.54, 1.807) is 7.05 Å². The lowest BCUT2D eigenvalue weighted by Crippen LogP contribution is -2.44. The van der Waals surface area contributed by atoms with E-state index in [1.165, 1.54) is 16.0 Å². The molecule has 29 heavy (non-hydrogen) atoms. The Morgan fingerprint density at radius 3 is 2.17 bits per heavy atom. The zero-order valence-corrected chi connectivity index (χ0v) is 17.2. The Kier molecular flexibility index (Phi) is 5.69. The quantitative estimate of drug-likeness (QED) is 0.320. The van der Waals surface area contributed by atoms with Crippen LogP contribution in [0.5, 0.6) is 0 Å².